The summed E-state index contributed by atoms with van der Waals surface area (Å²) in [5.41, 5.74) is -0.796. The Morgan fingerprint density at radius 3 is 1.07 bits per heavy atom. The van der Waals surface area contributed by atoms with E-state index in [0.717, 1.165) is 0 Å². The first-order chi connectivity index (χ1) is 11.5. The van der Waals surface area contributed by atoms with Crippen LogP contribution in [0.3, 0.4) is 0 Å². The zero-order valence-electron chi connectivity index (χ0n) is 19.1. The summed E-state index contributed by atoms with van der Waals surface area (Å²) in [6, 6.07) is 0. The zero-order chi connectivity index (χ0) is 21.3. The van der Waals surface area contributed by atoms with Gasteiger partial charge in [0.2, 0.25) is 0 Å². The van der Waals surface area contributed by atoms with Gasteiger partial charge >= 0.3 is 0 Å². The predicted molar refractivity (Wildman–Crippen MR) is 109 cm³/mol. The van der Waals surface area contributed by atoms with Gasteiger partial charge in [-0.05, 0) is 11.8 Å². The Balaban J connectivity index is -0.000000411. The molecule has 0 heterocycles. The number of rotatable bonds is 6. The molecule has 0 aromatic heterocycles. The maximum atomic E-state index is 11.4. The van der Waals surface area contributed by atoms with E-state index in [1.807, 2.05) is 69.2 Å². The number of hydrogen-bond acceptors (Lipinski definition) is 4. The first-order valence-electron chi connectivity index (χ1n) is 9.34. The van der Waals surface area contributed by atoms with Crippen molar-refractivity contribution in [1.82, 2.24) is 0 Å². The van der Waals surface area contributed by atoms with E-state index >= 15 is 0 Å². The summed E-state index contributed by atoms with van der Waals surface area (Å²) in [4.78, 5) is 22.8. The second kappa shape index (κ2) is 13.3. The van der Waals surface area contributed by atoms with Crippen LogP contribution in [0.25, 0.3) is 0 Å². The molecule has 0 atom stereocenters. The first kappa shape index (κ1) is 30.8. The second-order valence-corrected chi connectivity index (χ2v) is 9.70. The van der Waals surface area contributed by atoms with Gasteiger partial charge in [-0.1, -0.05) is 69.2 Å². The van der Waals surface area contributed by atoms with E-state index < -0.39 is 10.8 Å². The van der Waals surface area contributed by atoms with Crippen molar-refractivity contribution in [3.63, 3.8) is 0 Å². The Morgan fingerprint density at radius 2 is 0.926 bits per heavy atom. The molecule has 4 nitrogen and oxygen atoms in total. The molecule has 0 amide bonds. The molecule has 0 aliphatic heterocycles. The first-order valence-corrected chi connectivity index (χ1v) is 9.34. The van der Waals surface area contributed by atoms with E-state index in [4.69, 9.17) is 0 Å². The molecule has 154 valence electrons. The monoisotopic (exact) mass is 432 g/mol. The van der Waals surface area contributed by atoms with Crippen molar-refractivity contribution in [3.8, 4) is 0 Å². The number of allylic oxidation sites excluding steroid dienone is 4. The molecule has 0 spiro atoms. The summed E-state index contributed by atoms with van der Waals surface area (Å²) in [5, 5.41) is 18.8. The second-order valence-electron chi connectivity index (χ2n) is 9.70. The van der Waals surface area contributed by atoms with E-state index in [0.29, 0.717) is 24.7 Å². The largest absolute Gasteiger partial charge is 0.512 e. The van der Waals surface area contributed by atoms with Crippen LogP contribution in [0.5, 0.6) is 0 Å². The van der Waals surface area contributed by atoms with Crippen LogP contribution < -0.4 is 0 Å². The van der Waals surface area contributed by atoms with Crippen molar-refractivity contribution in [2.45, 2.75) is 82.1 Å². The van der Waals surface area contributed by atoms with Crippen LogP contribution in [0.4, 0.5) is 0 Å². The van der Waals surface area contributed by atoms with Crippen molar-refractivity contribution in [2.75, 3.05) is 0 Å². The zero-order valence-corrected chi connectivity index (χ0v) is 22.1. The third kappa shape index (κ3) is 18.2. The smallest absolute Gasteiger partial charge is 0.164 e. The molecule has 0 saturated carbocycles. The average Bonchev–Trinajstić information content (AvgIpc) is 2.34. The van der Waals surface area contributed by atoms with E-state index in [1.54, 1.807) is 0 Å². The van der Waals surface area contributed by atoms with E-state index in [1.165, 1.54) is 12.2 Å². The summed E-state index contributed by atoms with van der Waals surface area (Å²) < 4.78 is 0. The number of carbonyl (C=O) groups is 2. The van der Waals surface area contributed by atoms with Crippen LogP contribution >= 0.6 is 0 Å². The standard InChI is InChI=1S/2C11H20O2.Zn/c2*1-8(2)6-9(12)7-10(13)11(3,4)5;/h2*7-8,12H,6H2,1-5H3;/b2*9-7-;. The van der Waals surface area contributed by atoms with E-state index in [9.17, 15) is 19.8 Å². The van der Waals surface area contributed by atoms with Gasteiger partial charge in [0.05, 0.1) is 11.5 Å². The third-order valence-electron chi connectivity index (χ3n) is 3.31. The van der Waals surface area contributed by atoms with Crippen molar-refractivity contribution in [1.29, 1.82) is 0 Å². The molecule has 0 unspecified atom stereocenters. The SMILES string of the molecule is CC(C)C/C(O)=C/C(=O)C(C)(C)C.CC(C)C/C(O)=C/C(=O)C(C)(C)C.[Zn]. The quantitative estimate of drug-likeness (QED) is 0.298. The Kier molecular flexibility index (Phi) is 15.1. The van der Waals surface area contributed by atoms with E-state index in [-0.39, 0.29) is 42.6 Å². The van der Waals surface area contributed by atoms with Gasteiger partial charge in [0.15, 0.2) is 11.6 Å². The molecule has 0 saturated heterocycles. The van der Waals surface area contributed by atoms with Crippen molar-refractivity contribution < 1.29 is 39.3 Å². The summed E-state index contributed by atoms with van der Waals surface area (Å²) in [5.74, 6) is 1.09. The number of aliphatic hydroxyl groups is 2. The summed E-state index contributed by atoms with van der Waals surface area (Å²) in [6.45, 7) is 19.1. The topological polar surface area (TPSA) is 74.6 Å². The van der Waals surface area contributed by atoms with Crippen LogP contribution in [-0.2, 0) is 29.1 Å². The predicted octanol–water partition coefficient (Wildman–Crippen LogP) is 6.18. The Morgan fingerprint density at radius 1 is 0.704 bits per heavy atom. The maximum absolute atomic E-state index is 11.4. The van der Waals surface area contributed by atoms with Gasteiger partial charge in [-0.25, -0.2) is 0 Å². The molecule has 0 aromatic carbocycles. The Bertz CT molecular complexity index is 467. The van der Waals surface area contributed by atoms with Gasteiger partial charge in [0, 0.05) is 55.3 Å². The fourth-order valence-electron chi connectivity index (χ4n) is 1.69. The van der Waals surface area contributed by atoms with Gasteiger partial charge < -0.3 is 10.2 Å². The maximum Gasteiger partial charge on any atom is 0.164 e. The van der Waals surface area contributed by atoms with Gasteiger partial charge in [-0.2, -0.15) is 0 Å². The van der Waals surface area contributed by atoms with Crippen molar-refractivity contribution >= 4 is 11.6 Å². The van der Waals surface area contributed by atoms with Crippen molar-refractivity contribution in [3.05, 3.63) is 23.7 Å². The number of ketones is 2. The molecule has 0 aliphatic rings. The van der Waals surface area contributed by atoms with Crippen LogP contribution in [0.2, 0.25) is 0 Å². The van der Waals surface area contributed by atoms with Gasteiger partial charge in [0.25, 0.3) is 0 Å². The van der Waals surface area contributed by atoms with Gasteiger partial charge in [0.1, 0.15) is 0 Å². The average molecular weight is 434 g/mol. The molecule has 2 N–H and O–H groups in total. The molecule has 0 aromatic rings. The molecular formula is C22H40O4Zn. The Hall–Kier alpha value is -0.957. The van der Waals surface area contributed by atoms with Gasteiger partial charge in [-0.15, -0.1) is 0 Å². The fourth-order valence-corrected chi connectivity index (χ4v) is 1.69. The van der Waals surface area contributed by atoms with Crippen LogP contribution in [0.15, 0.2) is 23.7 Å². The number of hydrogen-bond donors (Lipinski definition) is 2. The van der Waals surface area contributed by atoms with Crippen LogP contribution in [-0.4, -0.2) is 21.8 Å². The summed E-state index contributed by atoms with van der Waals surface area (Å²) >= 11 is 0. The summed E-state index contributed by atoms with van der Waals surface area (Å²) in [7, 11) is 0. The van der Waals surface area contributed by atoms with Gasteiger partial charge in [-0.3, -0.25) is 9.59 Å². The number of carbonyl (C=O) groups excluding carboxylic acids is 2. The fraction of sp³-hybridized carbons (Fsp3) is 0.727. The van der Waals surface area contributed by atoms with Crippen LogP contribution in [0.1, 0.15) is 82.1 Å². The minimum atomic E-state index is -0.398. The molecule has 0 radical (unpaired) electrons. The molecule has 27 heavy (non-hydrogen) atoms. The molecule has 0 aliphatic carbocycles. The molecule has 5 heteroatoms. The molecule has 0 fully saturated rings. The van der Waals surface area contributed by atoms with E-state index in [2.05, 4.69) is 0 Å². The Labute approximate surface area is 179 Å². The third-order valence-corrected chi connectivity index (χ3v) is 3.31. The minimum Gasteiger partial charge on any atom is -0.512 e. The normalized spacial score (nSPS) is 13.0. The minimum absolute atomic E-state index is 0. The van der Waals surface area contributed by atoms with Crippen molar-refractivity contribution in [2.24, 2.45) is 22.7 Å². The summed E-state index contributed by atoms with van der Waals surface area (Å²) in [6.07, 6.45) is 3.84. The number of aliphatic hydroxyl groups excluding tert-OH is 2. The molecule has 0 bridgehead atoms. The molecule has 0 rings (SSSR count). The van der Waals surface area contributed by atoms with Crippen LogP contribution in [0, 0.1) is 22.7 Å². The molecular weight excluding hydrogens is 394 g/mol.